The lowest BCUT2D eigenvalue weighted by Gasteiger charge is -2.17. The molecular weight excluding hydrogens is 430 g/mol. The van der Waals surface area contributed by atoms with Gasteiger partial charge in [0.2, 0.25) is 0 Å². The Labute approximate surface area is 185 Å². The number of hydrogen-bond acceptors (Lipinski definition) is 6. The Morgan fingerprint density at radius 3 is 2.21 bits per heavy atom. The molecule has 2 aromatic rings. The topological polar surface area (TPSA) is 168 Å². The van der Waals surface area contributed by atoms with Crippen molar-refractivity contribution in [3.8, 4) is 40.5 Å². The second-order valence-electron chi connectivity index (χ2n) is 6.69. The fraction of sp³-hybridized carbons (Fsp3) is 0. The molecule has 9 nitrogen and oxygen atoms in total. The zero-order valence-corrected chi connectivity index (χ0v) is 16.7. The van der Waals surface area contributed by atoms with Crippen LogP contribution in [0.25, 0.3) is 33.4 Å². The number of benzene rings is 3. The van der Waals surface area contributed by atoms with Crippen LogP contribution in [0.1, 0.15) is 20.7 Å². The number of carbonyl (C=O) groups excluding carboxylic acids is 1. The lowest BCUT2D eigenvalue weighted by molar-refractivity contribution is -0.112. The average Bonchev–Trinajstić information content (AvgIpc) is 2.77. The molecule has 0 unspecified atom stereocenters. The monoisotopic (exact) mass is 445 g/mol. The van der Waals surface area contributed by atoms with E-state index in [4.69, 9.17) is 4.42 Å². The third-order valence-electron chi connectivity index (χ3n) is 4.59. The summed E-state index contributed by atoms with van der Waals surface area (Å²) in [6, 6.07) is 12.1. The van der Waals surface area contributed by atoms with Gasteiger partial charge in [0.05, 0.1) is 11.1 Å². The van der Waals surface area contributed by atoms with Crippen LogP contribution in [-0.4, -0.2) is 33.2 Å². The molecule has 1 amide bonds. The van der Waals surface area contributed by atoms with E-state index in [1.807, 2.05) is 0 Å². The number of phenols is 1. The summed E-state index contributed by atoms with van der Waals surface area (Å²) in [4.78, 5) is 44.4. The van der Waals surface area contributed by atoms with Crippen LogP contribution in [0.2, 0.25) is 0 Å². The average molecular weight is 445 g/mol. The van der Waals surface area contributed by atoms with Crippen molar-refractivity contribution in [2.45, 2.75) is 0 Å². The van der Waals surface area contributed by atoms with Crippen LogP contribution in [0.4, 0.5) is 0 Å². The highest BCUT2D eigenvalue weighted by Crippen LogP contribution is 2.42. The van der Waals surface area contributed by atoms with Crippen molar-refractivity contribution in [2.75, 3.05) is 0 Å². The minimum absolute atomic E-state index is 0.0717. The van der Waals surface area contributed by atoms with Gasteiger partial charge in [-0.25, -0.2) is 9.59 Å². The van der Waals surface area contributed by atoms with Gasteiger partial charge >= 0.3 is 11.9 Å². The summed E-state index contributed by atoms with van der Waals surface area (Å²) in [6.45, 7) is 0. The van der Waals surface area contributed by atoms with Gasteiger partial charge in [-0.1, -0.05) is 0 Å². The molecule has 0 saturated carbocycles. The fourth-order valence-electron chi connectivity index (χ4n) is 3.22. The fourth-order valence-corrected chi connectivity index (χ4v) is 3.22. The molecule has 2 aliphatic rings. The Morgan fingerprint density at radius 2 is 1.61 bits per heavy atom. The van der Waals surface area contributed by atoms with Crippen molar-refractivity contribution in [2.24, 2.45) is 5.73 Å². The highest BCUT2D eigenvalue weighted by Gasteiger charge is 2.23. The largest absolute Gasteiger partial charge is 0.508 e. The number of amides is 1. The maximum atomic E-state index is 11.8. The van der Waals surface area contributed by atoms with Crippen molar-refractivity contribution in [1.82, 2.24) is 0 Å². The number of primary amides is 1. The smallest absolute Gasteiger partial charge is 0.336 e. The number of carboxylic acids is 2. The van der Waals surface area contributed by atoms with Crippen LogP contribution < -0.4 is 11.2 Å². The number of aromatic carboxylic acids is 2. The third-order valence-corrected chi connectivity index (χ3v) is 4.59. The van der Waals surface area contributed by atoms with E-state index in [1.54, 1.807) is 12.0 Å². The zero-order chi connectivity index (χ0) is 24.3. The van der Waals surface area contributed by atoms with Crippen LogP contribution >= 0.6 is 0 Å². The van der Waals surface area contributed by atoms with Crippen LogP contribution in [0, 0.1) is 12.3 Å². The normalized spacial score (nSPS) is 10.2. The molecule has 1 heterocycles. The Bertz CT molecular complexity index is 1490. The van der Waals surface area contributed by atoms with Crippen LogP contribution in [0.3, 0.4) is 0 Å². The Hall–Kier alpha value is -5.10. The maximum Gasteiger partial charge on any atom is 0.336 e. The third kappa shape index (κ3) is 4.65. The number of rotatable bonds is 3. The summed E-state index contributed by atoms with van der Waals surface area (Å²) in [5.74, 6) is -1.36. The van der Waals surface area contributed by atoms with Crippen LogP contribution in [0.5, 0.6) is 5.75 Å². The number of carboxylic acid groups (broad SMARTS) is 2. The van der Waals surface area contributed by atoms with E-state index >= 15 is 0 Å². The second kappa shape index (κ2) is 8.95. The summed E-state index contributed by atoms with van der Waals surface area (Å²) in [5, 5.41) is 29.2. The van der Waals surface area contributed by atoms with Crippen LogP contribution in [0.15, 0.2) is 63.8 Å². The maximum absolute atomic E-state index is 11.8. The molecule has 0 fully saturated rings. The van der Waals surface area contributed by atoms with Crippen molar-refractivity contribution in [3.63, 3.8) is 0 Å². The molecule has 0 saturated heterocycles. The second-order valence-corrected chi connectivity index (χ2v) is 6.69. The number of fused-ring (bicyclic) bond motifs is 2. The van der Waals surface area contributed by atoms with Gasteiger partial charge in [-0.2, -0.15) is 0 Å². The van der Waals surface area contributed by atoms with Crippen LogP contribution in [-0.2, 0) is 4.79 Å². The van der Waals surface area contributed by atoms with E-state index in [-0.39, 0.29) is 39.2 Å². The molecular formula is C24H15NO8. The van der Waals surface area contributed by atoms with E-state index in [0.29, 0.717) is 16.5 Å². The SMILES string of the molecule is C#CC(N)=O.O=C(O)c1ccc(C(=O)O)c(-c2c3ccc(=O)cc-3oc3cc(O)ccc23)c1. The Morgan fingerprint density at radius 1 is 0.909 bits per heavy atom. The molecule has 33 heavy (non-hydrogen) atoms. The van der Waals surface area contributed by atoms with E-state index in [2.05, 4.69) is 12.2 Å². The van der Waals surface area contributed by atoms with Crippen molar-refractivity contribution >= 4 is 28.8 Å². The summed E-state index contributed by atoms with van der Waals surface area (Å²) < 4.78 is 5.72. The lowest BCUT2D eigenvalue weighted by Crippen LogP contribution is -2.05. The summed E-state index contributed by atoms with van der Waals surface area (Å²) in [7, 11) is 0. The minimum atomic E-state index is -1.23. The number of carbonyl (C=O) groups is 3. The standard InChI is InChI=1S/C21H12O7.C3H3NO/c22-11-2-5-14-17(8-11)28-18-9-12(23)3-6-15(18)19(14)16-7-10(20(24)25)1-4-13(16)21(26)27;1-2-3(4)5/h1-9,22H,(H,24,25)(H,26,27);1H,(H2,4,5). The Kier molecular flexibility index (Phi) is 6.13. The minimum Gasteiger partial charge on any atom is -0.508 e. The molecule has 0 bridgehead atoms. The van der Waals surface area contributed by atoms with Gasteiger partial charge < -0.3 is 25.5 Å². The van der Waals surface area contributed by atoms with Gasteiger partial charge in [0.1, 0.15) is 17.1 Å². The summed E-state index contributed by atoms with van der Waals surface area (Å²) in [6.07, 6.45) is 4.45. The van der Waals surface area contributed by atoms with Gasteiger partial charge in [-0.3, -0.25) is 9.59 Å². The van der Waals surface area contributed by atoms with Crippen molar-refractivity contribution < 1.29 is 34.1 Å². The first-order valence-electron chi connectivity index (χ1n) is 9.19. The Balaban J connectivity index is 0.000000555. The number of phenolic OH excluding ortho intramolecular Hbond substituents is 1. The number of aromatic hydroxyl groups is 1. The van der Waals surface area contributed by atoms with E-state index in [1.165, 1.54) is 48.5 Å². The van der Waals surface area contributed by atoms with E-state index < -0.39 is 17.8 Å². The van der Waals surface area contributed by atoms with Gasteiger partial charge in [-0.05, 0) is 53.9 Å². The molecule has 1 aliphatic heterocycles. The number of nitrogens with two attached hydrogens (primary N) is 1. The summed E-state index contributed by atoms with van der Waals surface area (Å²) in [5.41, 5.74) is 5.17. The van der Waals surface area contributed by atoms with E-state index in [9.17, 15) is 34.5 Å². The van der Waals surface area contributed by atoms with Crippen molar-refractivity contribution in [3.05, 3.63) is 75.9 Å². The molecule has 0 radical (unpaired) electrons. The molecule has 0 atom stereocenters. The quantitative estimate of drug-likeness (QED) is 0.276. The molecule has 164 valence electrons. The van der Waals surface area contributed by atoms with Gasteiger partial charge in [0.25, 0.3) is 5.91 Å². The molecule has 1 aliphatic carbocycles. The highest BCUT2D eigenvalue weighted by molar-refractivity contribution is 6.08. The van der Waals surface area contributed by atoms with E-state index in [0.717, 1.165) is 0 Å². The summed E-state index contributed by atoms with van der Waals surface area (Å²) >= 11 is 0. The first kappa shape index (κ1) is 22.6. The van der Waals surface area contributed by atoms with Gasteiger partial charge in [0, 0.05) is 28.6 Å². The first-order chi connectivity index (χ1) is 15.6. The van der Waals surface area contributed by atoms with Crippen molar-refractivity contribution in [1.29, 1.82) is 0 Å². The molecule has 0 spiro atoms. The van der Waals surface area contributed by atoms with Gasteiger partial charge in [0.15, 0.2) is 5.43 Å². The predicted molar refractivity (Wildman–Crippen MR) is 118 cm³/mol. The van der Waals surface area contributed by atoms with Gasteiger partial charge in [-0.15, -0.1) is 6.42 Å². The molecule has 9 heteroatoms. The number of terminal acetylenes is 1. The molecule has 4 rings (SSSR count). The molecule has 0 aromatic heterocycles. The molecule has 5 N–H and O–H groups in total. The predicted octanol–water partition coefficient (Wildman–Crippen LogP) is 2.77. The zero-order valence-electron chi connectivity index (χ0n) is 16.7. The number of hydrogen-bond donors (Lipinski definition) is 4. The molecule has 2 aromatic carbocycles. The lowest BCUT2D eigenvalue weighted by atomic mass is 9.89. The first-order valence-corrected chi connectivity index (χ1v) is 9.19. The highest BCUT2D eigenvalue weighted by atomic mass is 16.4.